The smallest absolute Gasteiger partial charge is 0.264 e. The van der Waals surface area contributed by atoms with Crippen molar-refractivity contribution < 1.29 is 13.2 Å². The number of hydrogen-bond acceptors (Lipinski definition) is 3. The van der Waals surface area contributed by atoms with Crippen LogP contribution in [0.2, 0.25) is 5.02 Å². The number of carbonyl (C=O) groups is 1. The number of amides is 1. The van der Waals surface area contributed by atoms with Crippen LogP contribution < -0.4 is 9.62 Å². The van der Waals surface area contributed by atoms with Crippen molar-refractivity contribution in [2.24, 2.45) is 5.92 Å². The summed E-state index contributed by atoms with van der Waals surface area (Å²) < 4.78 is 27.8. The van der Waals surface area contributed by atoms with Crippen LogP contribution in [0.4, 0.5) is 5.69 Å². The highest BCUT2D eigenvalue weighted by molar-refractivity contribution is 7.92. The number of hydrogen-bond donors (Lipinski definition) is 1. The fourth-order valence-electron chi connectivity index (χ4n) is 2.63. The molecule has 1 N–H and O–H groups in total. The maximum Gasteiger partial charge on any atom is 0.264 e. The number of carbonyl (C=O) groups excluding carboxylic acids is 1. The van der Waals surface area contributed by atoms with E-state index in [0.717, 1.165) is 9.87 Å². The summed E-state index contributed by atoms with van der Waals surface area (Å²) >= 11 is 6.03. The molecular weight excluding hydrogens is 396 g/mol. The van der Waals surface area contributed by atoms with Crippen LogP contribution in [-0.2, 0) is 14.8 Å². The van der Waals surface area contributed by atoms with Gasteiger partial charge in [-0.1, -0.05) is 43.1 Å². The first kappa shape index (κ1) is 22.2. The Labute approximate surface area is 172 Å². The highest BCUT2D eigenvalue weighted by atomic mass is 35.5. The number of halogens is 1. The summed E-state index contributed by atoms with van der Waals surface area (Å²) in [6.45, 7) is 9.24. The zero-order valence-corrected chi connectivity index (χ0v) is 18.4. The van der Waals surface area contributed by atoms with Gasteiger partial charge >= 0.3 is 0 Å². The van der Waals surface area contributed by atoms with E-state index >= 15 is 0 Å². The minimum absolute atomic E-state index is 0.0669. The third-order valence-corrected chi connectivity index (χ3v) is 6.72. The van der Waals surface area contributed by atoms with E-state index in [1.165, 1.54) is 0 Å². The summed E-state index contributed by atoms with van der Waals surface area (Å²) in [5.74, 6) is -0.116. The van der Waals surface area contributed by atoms with Crippen molar-refractivity contribution in [3.63, 3.8) is 0 Å². The molecule has 0 aliphatic heterocycles. The second kappa shape index (κ2) is 8.97. The third kappa shape index (κ3) is 5.26. The van der Waals surface area contributed by atoms with Crippen molar-refractivity contribution in [3.05, 3.63) is 58.6 Å². The lowest BCUT2D eigenvalue weighted by Gasteiger charge is -2.27. The lowest BCUT2D eigenvalue weighted by molar-refractivity contribution is -0.120. The molecule has 0 spiro atoms. The van der Waals surface area contributed by atoms with Gasteiger partial charge < -0.3 is 5.32 Å². The Hall–Kier alpha value is -2.05. The van der Waals surface area contributed by atoms with Crippen LogP contribution in [0.15, 0.2) is 47.4 Å². The zero-order chi connectivity index (χ0) is 21.1. The molecule has 2 aromatic carbocycles. The minimum Gasteiger partial charge on any atom is -0.352 e. The van der Waals surface area contributed by atoms with E-state index in [2.05, 4.69) is 5.32 Å². The molecule has 0 radical (unpaired) electrons. The Balaban J connectivity index is 2.46. The molecule has 0 bridgehead atoms. The monoisotopic (exact) mass is 422 g/mol. The molecular formula is C21H27ClN2O3S. The number of benzene rings is 2. The molecule has 7 heteroatoms. The van der Waals surface area contributed by atoms with Crippen molar-refractivity contribution in [1.82, 2.24) is 5.32 Å². The fraction of sp³-hybridized carbons (Fsp3) is 0.381. The number of sulfonamides is 1. The number of nitrogens with zero attached hydrogens (tertiary/aromatic N) is 1. The van der Waals surface area contributed by atoms with Crippen LogP contribution in [0.1, 0.15) is 31.9 Å². The van der Waals surface area contributed by atoms with Crippen LogP contribution in [0.5, 0.6) is 0 Å². The fourth-order valence-corrected chi connectivity index (χ4v) is 4.34. The number of rotatable bonds is 7. The maximum atomic E-state index is 13.3. The predicted octanol–water partition coefficient (Wildman–Crippen LogP) is 4.31. The van der Waals surface area contributed by atoms with Crippen LogP contribution in [-0.4, -0.2) is 26.9 Å². The van der Waals surface area contributed by atoms with E-state index < -0.39 is 10.0 Å². The van der Waals surface area contributed by atoms with Gasteiger partial charge in [0.1, 0.15) is 6.54 Å². The quantitative estimate of drug-likeness (QED) is 0.722. The summed E-state index contributed by atoms with van der Waals surface area (Å²) in [5.41, 5.74) is 2.06. The van der Waals surface area contributed by atoms with Gasteiger partial charge in [-0.15, -0.1) is 0 Å². The Morgan fingerprint density at radius 2 is 1.68 bits per heavy atom. The van der Waals surface area contributed by atoms with E-state index in [0.29, 0.717) is 16.3 Å². The largest absolute Gasteiger partial charge is 0.352 e. The second-order valence-electron chi connectivity index (χ2n) is 7.36. The predicted molar refractivity (Wildman–Crippen MR) is 114 cm³/mol. The highest BCUT2D eigenvalue weighted by Crippen LogP contribution is 2.29. The average Bonchev–Trinajstić information content (AvgIpc) is 2.60. The number of nitrogens with one attached hydrogen (secondary N) is 1. The Bertz CT molecular complexity index is 941. The molecule has 1 amide bonds. The summed E-state index contributed by atoms with van der Waals surface area (Å²) in [7, 11) is -3.93. The molecule has 2 rings (SSSR count). The van der Waals surface area contributed by atoms with Gasteiger partial charge in [-0.25, -0.2) is 8.42 Å². The average molecular weight is 423 g/mol. The Morgan fingerprint density at radius 1 is 1.07 bits per heavy atom. The van der Waals surface area contributed by atoms with E-state index in [-0.39, 0.29) is 29.3 Å². The van der Waals surface area contributed by atoms with Crippen molar-refractivity contribution in [2.45, 2.75) is 45.6 Å². The summed E-state index contributed by atoms with van der Waals surface area (Å²) in [4.78, 5) is 12.7. The van der Waals surface area contributed by atoms with Crippen LogP contribution in [0, 0.1) is 19.8 Å². The minimum atomic E-state index is -3.93. The molecule has 0 heterocycles. The molecule has 1 unspecified atom stereocenters. The van der Waals surface area contributed by atoms with Crippen LogP contribution in [0.25, 0.3) is 0 Å². The van der Waals surface area contributed by atoms with E-state index in [9.17, 15) is 13.2 Å². The molecule has 1 atom stereocenters. The van der Waals surface area contributed by atoms with Gasteiger partial charge in [-0.3, -0.25) is 9.10 Å². The van der Waals surface area contributed by atoms with Crippen molar-refractivity contribution in [3.8, 4) is 0 Å². The van der Waals surface area contributed by atoms with Crippen LogP contribution >= 0.6 is 11.6 Å². The molecule has 152 valence electrons. The molecule has 2 aromatic rings. The molecule has 5 nitrogen and oxygen atoms in total. The van der Waals surface area contributed by atoms with Gasteiger partial charge in [0.25, 0.3) is 10.0 Å². The SMILES string of the molecule is Cc1ccc(S(=O)(=O)N(CC(=O)NC(C)C(C)C)c2ccc(Cl)cc2C)cc1. The first-order valence-electron chi connectivity index (χ1n) is 9.17. The van der Waals surface area contributed by atoms with Crippen molar-refractivity contribution in [2.75, 3.05) is 10.8 Å². The normalized spacial score (nSPS) is 12.7. The highest BCUT2D eigenvalue weighted by Gasteiger charge is 2.28. The summed E-state index contributed by atoms with van der Waals surface area (Å²) in [6.07, 6.45) is 0. The first-order valence-corrected chi connectivity index (χ1v) is 11.0. The van der Waals surface area contributed by atoms with Crippen molar-refractivity contribution >= 4 is 33.2 Å². The standard InChI is InChI=1S/C21H27ClN2O3S/c1-14(2)17(5)23-21(25)13-24(20-11-8-18(22)12-16(20)4)28(26,27)19-9-6-15(3)7-10-19/h6-12,14,17H,13H2,1-5H3,(H,23,25). The Kier molecular flexibility index (Phi) is 7.12. The lowest BCUT2D eigenvalue weighted by Crippen LogP contribution is -2.45. The summed E-state index contributed by atoms with van der Waals surface area (Å²) in [5, 5.41) is 3.38. The van der Waals surface area contributed by atoms with Gasteiger partial charge in [0, 0.05) is 11.1 Å². The van der Waals surface area contributed by atoms with Gasteiger partial charge in [0.05, 0.1) is 10.6 Å². The number of anilines is 1. The van der Waals surface area contributed by atoms with E-state index in [1.807, 2.05) is 27.7 Å². The molecule has 0 aliphatic rings. The molecule has 0 fully saturated rings. The van der Waals surface area contributed by atoms with Gasteiger partial charge in [-0.2, -0.15) is 0 Å². The van der Waals surface area contributed by atoms with E-state index in [1.54, 1.807) is 49.4 Å². The van der Waals surface area contributed by atoms with Gasteiger partial charge in [0.2, 0.25) is 5.91 Å². The lowest BCUT2D eigenvalue weighted by atomic mass is 10.1. The number of aryl methyl sites for hydroxylation is 2. The topological polar surface area (TPSA) is 66.5 Å². The molecule has 28 heavy (non-hydrogen) atoms. The molecule has 0 aromatic heterocycles. The molecule has 0 saturated carbocycles. The van der Waals surface area contributed by atoms with E-state index in [4.69, 9.17) is 11.6 Å². The maximum absolute atomic E-state index is 13.3. The third-order valence-electron chi connectivity index (χ3n) is 4.71. The first-order chi connectivity index (χ1) is 13.0. The summed E-state index contributed by atoms with van der Waals surface area (Å²) in [6, 6.07) is 11.4. The Morgan fingerprint density at radius 3 is 2.21 bits per heavy atom. The second-order valence-corrected chi connectivity index (χ2v) is 9.65. The molecule has 0 saturated heterocycles. The van der Waals surface area contributed by atoms with Crippen molar-refractivity contribution in [1.29, 1.82) is 0 Å². The zero-order valence-electron chi connectivity index (χ0n) is 16.9. The van der Waals surface area contributed by atoms with Gasteiger partial charge in [-0.05, 0) is 62.6 Å². The van der Waals surface area contributed by atoms with Crippen LogP contribution in [0.3, 0.4) is 0 Å². The van der Waals surface area contributed by atoms with Gasteiger partial charge in [0.15, 0.2) is 0 Å². The molecule has 0 aliphatic carbocycles.